The Morgan fingerprint density at radius 3 is 2.67 bits per heavy atom. The highest BCUT2D eigenvalue weighted by molar-refractivity contribution is 7.99. The van der Waals surface area contributed by atoms with E-state index in [0.29, 0.717) is 25.3 Å². The third-order valence-electron chi connectivity index (χ3n) is 3.76. The summed E-state index contributed by atoms with van der Waals surface area (Å²) in [5, 5.41) is 9.74. The van der Waals surface area contributed by atoms with Crippen molar-refractivity contribution in [2.45, 2.75) is 38.2 Å². The van der Waals surface area contributed by atoms with Crippen molar-refractivity contribution in [3.05, 3.63) is 34.9 Å². The fourth-order valence-electron chi connectivity index (χ4n) is 2.68. The van der Waals surface area contributed by atoms with Crippen LogP contribution in [0.25, 0.3) is 0 Å². The number of aliphatic hydroxyl groups is 1. The summed E-state index contributed by atoms with van der Waals surface area (Å²) in [4.78, 5) is 13.9. The molecule has 1 aliphatic heterocycles. The van der Waals surface area contributed by atoms with Gasteiger partial charge in [0.15, 0.2) is 0 Å². The van der Waals surface area contributed by atoms with Crippen LogP contribution in [-0.2, 0) is 10.5 Å². The van der Waals surface area contributed by atoms with Gasteiger partial charge < -0.3 is 15.7 Å². The molecule has 0 aliphatic carbocycles. The molecule has 21 heavy (non-hydrogen) atoms. The van der Waals surface area contributed by atoms with Crippen molar-refractivity contribution in [2.24, 2.45) is 5.73 Å². The third kappa shape index (κ3) is 4.73. The highest BCUT2D eigenvalue weighted by Gasteiger charge is 2.27. The lowest BCUT2D eigenvalue weighted by atomic mass is 10.0. The lowest BCUT2D eigenvalue weighted by molar-refractivity contribution is -0.131. The van der Waals surface area contributed by atoms with Crippen LogP contribution in [0.1, 0.15) is 23.1 Å². The molecule has 0 aromatic heterocycles. The van der Waals surface area contributed by atoms with E-state index in [9.17, 15) is 9.90 Å². The van der Waals surface area contributed by atoms with E-state index >= 15 is 0 Å². The number of β-amino-alcohol motifs (C(OH)–C–C–N with tert-alkyl or cyclic N) is 1. The molecule has 0 bridgehead atoms. The van der Waals surface area contributed by atoms with Crippen LogP contribution in [0.3, 0.4) is 0 Å². The summed E-state index contributed by atoms with van der Waals surface area (Å²) in [7, 11) is 0. The van der Waals surface area contributed by atoms with Crippen LogP contribution in [0, 0.1) is 13.8 Å². The molecule has 1 aromatic rings. The predicted molar refractivity (Wildman–Crippen MR) is 87.3 cm³/mol. The minimum atomic E-state index is -0.591. The minimum Gasteiger partial charge on any atom is -0.390 e. The first-order chi connectivity index (χ1) is 9.95. The number of nitrogens with two attached hydrogens (primary N) is 1. The molecule has 1 aliphatic rings. The SMILES string of the molecule is Cc1cc(C)cc(CSCC(=O)N2CC[C@@H](N)[C@H](O)C2)c1. The molecule has 1 amide bonds. The first-order valence-corrected chi connectivity index (χ1v) is 8.47. The maximum Gasteiger partial charge on any atom is 0.232 e. The van der Waals surface area contributed by atoms with E-state index < -0.39 is 6.10 Å². The van der Waals surface area contributed by atoms with Crippen LogP contribution >= 0.6 is 11.8 Å². The second kappa shape index (κ2) is 7.29. The van der Waals surface area contributed by atoms with Crippen molar-refractivity contribution < 1.29 is 9.90 Å². The van der Waals surface area contributed by atoms with Gasteiger partial charge in [-0.2, -0.15) is 0 Å². The van der Waals surface area contributed by atoms with E-state index in [1.54, 1.807) is 16.7 Å². The monoisotopic (exact) mass is 308 g/mol. The Hall–Kier alpha value is -1.04. The molecule has 0 unspecified atom stereocenters. The van der Waals surface area contributed by atoms with Crippen molar-refractivity contribution in [3.63, 3.8) is 0 Å². The van der Waals surface area contributed by atoms with Crippen LogP contribution in [0.5, 0.6) is 0 Å². The topological polar surface area (TPSA) is 66.6 Å². The molecule has 5 heteroatoms. The minimum absolute atomic E-state index is 0.0929. The predicted octanol–water partition coefficient (Wildman–Crippen LogP) is 1.46. The Labute approximate surface area is 130 Å². The van der Waals surface area contributed by atoms with Crippen molar-refractivity contribution in [3.8, 4) is 0 Å². The second-order valence-electron chi connectivity index (χ2n) is 5.85. The van der Waals surface area contributed by atoms with Gasteiger partial charge in [-0.05, 0) is 25.8 Å². The summed E-state index contributed by atoms with van der Waals surface area (Å²) < 4.78 is 0. The van der Waals surface area contributed by atoms with Gasteiger partial charge in [-0.3, -0.25) is 4.79 Å². The average molecular weight is 308 g/mol. The molecule has 116 valence electrons. The molecule has 0 saturated carbocycles. The van der Waals surface area contributed by atoms with E-state index in [2.05, 4.69) is 32.0 Å². The van der Waals surface area contributed by atoms with Gasteiger partial charge in [-0.15, -0.1) is 11.8 Å². The van der Waals surface area contributed by atoms with Crippen LogP contribution < -0.4 is 5.73 Å². The summed E-state index contributed by atoms with van der Waals surface area (Å²) in [6.45, 7) is 5.20. The molecule has 4 nitrogen and oxygen atoms in total. The molecule has 1 heterocycles. The fourth-order valence-corrected chi connectivity index (χ4v) is 3.54. The van der Waals surface area contributed by atoms with Crippen molar-refractivity contribution in [1.29, 1.82) is 0 Å². The van der Waals surface area contributed by atoms with E-state index in [0.717, 1.165) is 5.75 Å². The first-order valence-electron chi connectivity index (χ1n) is 7.32. The highest BCUT2D eigenvalue weighted by Crippen LogP contribution is 2.17. The zero-order valence-electron chi connectivity index (χ0n) is 12.7. The molecular formula is C16H24N2O2S. The molecule has 1 fully saturated rings. The Kier molecular flexibility index (Phi) is 5.67. The van der Waals surface area contributed by atoms with Gasteiger partial charge in [0.1, 0.15) is 0 Å². The molecule has 2 atom stereocenters. The van der Waals surface area contributed by atoms with E-state index in [1.807, 2.05) is 0 Å². The maximum absolute atomic E-state index is 12.1. The number of hydrogen-bond acceptors (Lipinski definition) is 4. The quantitative estimate of drug-likeness (QED) is 0.884. The summed E-state index contributed by atoms with van der Waals surface area (Å²) in [5.74, 6) is 1.38. The number of carbonyl (C=O) groups is 1. The second-order valence-corrected chi connectivity index (χ2v) is 6.83. The van der Waals surface area contributed by atoms with Gasteiger partial charge >= 0.3 is 0 Å². The van der Waals surface area contributed by atoms with Crippen LogP contribution in [0.4, 0.5) is 0 Å². The maximum atomic E-state index is 12.1. The average Bonchev–Trinajstić information content (AvgIpc) is 2.40. The number of hydrogen-bond donors (Lipinski definition) is 2. The zero-order chi connectivity index (χ0) is 15.4. The summed E-state index contributed by atoms with van der Waals surface area (Å²) in [6, 6.07) is 6.27. The van der Waals surface area contributed by atoms with Crippen molar-refractivity contribution >= 4 is 17.7 Å². The Balaban J connectivity index is 1.79. The molecule has 0 radical (unpaired) electrons. The van der Waals surface area contributed by atoms with E-state index in [-0.39, 0.29) is 11.9 Å². The number of nitrogens with zero attached hydrogens (tertiary/aromatic N) is 1. The first kappa shape index (κ1) is 16.3. The third-order valence-corrected chi connectivity index (χ3v) is 4.75. The number of likely N-dealkylation sites (tertiary alicyclic amines) is 1. The van der Waals surface area contributed by atoms with Crippen LogP contribution in [0.15, 0.2) is 18.2 Å². The largest absolute Gasteiger partial charge is 0.390 e. The molecule has 1 saturated heterocycles. The summed E-state index contributed by atoms with van der Waals surface area (Å²) in [6.07, 6.45) is 0.0846. The van der Waals surface area contributed by atoms with Gasteiger partial charge in [0.25, 0.3) is 0 Å². The summed E-state index contributed by atoms with van der Waals surface area (Å²) >= 11 is 1.62. The summed E-state index contributed by atoms with van der Waals surface area (Å²) in [5.41, 5.74) is 9.52. The van der Waals surface area contributed by atoms with Crippen LogP contribution in [0.2, 0.25) is 0 Å². The highest BCUT2D eigenvalue weighted by atomic mass is 32.2. The Morgan fingerprint density at radius 1 is 1.38 bits per heavy atom. The van der Waals surface area contributed by atoms with Crippen molar-refractivity contribution in [1.82, 2.24) is 4.90 Å². The molecular weight excluding hydrogens is 284 g/mol. The van der Waals surface area contributed by atoms with E-state index in [4.69, 9.17) is 5.73 Å². The lowest BCUT2D eigenvalue weighted by Crippen LogP contribution is -2.52. The number of amides is 1. The molecule has 0 spiro atoms. The number of aliphatic hydroxyl groups excluding tert-OH is 1. The Bertz CT molecular complexity index is 487. The number of rotatable bonds is 4. The van der Waals surface area contributed by atoms with Gasteiger partial charge in [0.2, 0.25) is 5.91 Å². The van der Waals surface area contributed by atoms with Gasteiger partial charge in [-0.1, -0.05) is 29.3 Å². The molecule has 2 rings (SSSR count). The number of aryl methyl sites for hydroxylation is 2. The number of carbonyl (C=O) groups excluding carboxylic acids is 1. The molecule has 1 aromatic carbocycles. The van der Waals surface area contributed by atoms with Crippen LogP contribution in [-0.4, -0.2) is 46.9 Å². The number of thioether (sulfide) groups is 1. The van der Waals surface area contributed by atoms with Gasteiger partial charge in [0, 0.05) is 24.9 Å². The van der Waals surface area contributed by atoms with Gasteiger partial charge in [0.05, 0.1) is 11.9 Å². The van der Waals surface area contributed by atoms with E-state index in [1.165, 1.54) is 16.7 Å². The smallest absolute Gasteiger partial charge is 0.232 e. The molecule has 3 N–H and O–H groups in total. The standard InChI is InChI=1S/C16H24N2O2S/c1-11-5-12(2)7-13(6-11)9-21-10-16(20)18-4-3-14(17)15(19)8-18/h5-7,14-15,19H,3-4,8-10,17H2,1-2H3/t14-,15-/m1/s1. The Morgan fingerprint density at radius 2 is 2.05 bits per heavy atom. The normalized spacial score (nSPS) is 22.4. The number of piperidine rings is 1. The van der Waals surface area contributed by atoms with Crippen molar-refractivity contribution in [2.75, 3.05) is 18.8 Å². The fraction of sp³-hybridized carbons (Fsp3) is 0.562. The number of benzene rings is 1. The lowest BCUT2D eigenvalue weighted by Gasteiger charge is -2.34. The zero-order valence-corrected chi connectivity index (χ0v) is 13.5. The van der Waals surface area contributed by atoms with Gasteiger partial charge in [-0.25, -0.2) is 0 Å².